The lowest BCUT2D eigenvalue weighted by molar-refractivity contribution is -0.120. The predicted octanol–water partition coefficient (Wildman–Crippen LogP) is 5.49. The molecule has 7 rings (SSSR count). The second-order valence-electron chi connectivity index (χ2n) is 12.7. The van der Waals surface area contributed by atoms with Crippen LogP contribution >= 0.6 is 23.2 Å². The van der Waals surface area contributed by atoms with Gasteiger partial charge in [-0.3, -0.25) is 9.59 Å². The number of hydrogen-bond acceptors (Lipinski definition) is 8. The van der Waals surface area contributed by atoms with Crippen molar-refractivity contribution in [1.82, 2.24) is 40.8 Å². The van der Waals surface area contributed by atoms with Crippen molar-refractivity contribution in [2.75, 3.05) is 20.2 Å². The molecule has 2 atom stereocenters. The summed E-state index contributed by atoms with van der Waals surface area (Å²) in [5, 5.41) is 18.6. The van der Waals surface area contributed by atoms with Crippen LogP contribution in [0.4, 0.5) is 0 Å². The SMILES string of the molecule is COc1nc(-c2cccc(-c3cccc(-c4cnc5c(CNCC6CCC(=O)N6)c(C)nn5c4)c3Cl)c2Cl)ccc1CNCC1CCC(=O)N1. The van der Waals surface area contributed by atoms with Gasteiger partial charge in [-0.2, -0.15) is 5.10 Å². The molecule has 5 aromatic rings. The second kappa shape index (κ2) is 14.7. The molecule has 2 aromatic carbocycles. The molecule has 2 unspecified atom stereocenters. The maximum Gasteiger partial charge on any atom is 0.220 e. The molecule has 11 nitrogen and oxygen atoms in total. The third kappa shape index (κ3) is 7.04. The summed E-state index contributed by atoms with van der Waals surface area (Å²) < 4.78 is 7.45. The van der Waals surface area contributed by atoms with Gasteiger partial charge in [0.05, 0.1) is 28.5 Å². The van der Waals surface area contributed by atoms with Gasteiger partial charge < -0.3 is 26.0 Å². The number of methoxy groups -OCH3 is 1. The zero-order chi connectivity index (χ0) is 34.8. The first-order chi connectivity index (χ1) is 24.3. The Morgan fingerprint density at radius 3 is 2.12 bits per heavy atom. The topological polar surface area (TPSA) is 135 Å². The van der Waals surface area contributed by atoms with E-state index in [0.29, 0.717) is 60.6 Å². The highest BCUT2D eigenvalue weighted by molar-refractivity contribution is 6.39. The predicted molar refractivity (Wildman–Crippen MR) is 194 cm³/mol. The number of halogens is 2. The van der Waals surface area contributed by atoms with Crippen LogP contribution in [0.1, 0.15) is 42.5 Å². The fourth-order valence-electron chi connectivity index (χ4n) is 6.68. The molecule has 0 saturated carbocycles. The van der Waals surface area contributed by atoms with Crippen molar-refractivity contribution < 1.29 is 14.3 Å². The summed E-state index contributed by atoms with van der Waals surface area (Å²) in [5.41, 5.74) is 8.18. The van der Waals surface area contributed by atoms with Crippen molar-refractivity contribution in [2.24, 2.45) is 0 Å². The number of ether oxygens (including phenoxy) is 1. The number of amides is 2. The smallest absolute Gasteiger partial charge is 0.220 e. The van der Waals surface area contributed by atoms with E-state index in [2.05, 4.69) is 21.3 Å². The normalized spacial score (nSPS) is 17.4. The average Bonchev–Trinajstić information content (AvgIpc) is 3.82. The van der Waals surface area contributed by atoms with Crippen LogP contribution < -0.4 is 26.0 Å². The molecule has 2 aliphatic heterocycles. The van der Waals surface area contributed by atoms with Crippen LogP contribution in [0.15, 0.2) is 60.9 Å². The fraction of sp³-hybridized carbons (Fsp3) is 0.324. The van der Waals surface area contributed by atoms with Crippen LogP contribution in [0.25, 0.3) is 39.2 Å². The monoisotopic (exact) mass is 712 g/mol. The molecule has 50 heavy (non-hydrogen) atoms. The zero-order valence-corrected chi connectivity index (χ0v) is 29.4. The van der Waals surface area contributed by atoms with Gasteiger partial charge in [0, 0.05) is 102 Å². The highest BCUT2D eigenvalue weighted by Crippen LogP contribution is 2.42. The van der Waals surface area contributed by atoms with Crippen molar-refractivity contribution in [1.29, 1.82) is 0 Å². The van der Waals surface area contributed by atoms with Gasteiger partial charge in [-0.15, -0.1) is 0 Å². The van der Waals surface area contributed by atoms with Gasteiger partial charge in [-0.1, -0.05) is 65.7 Å². The minimum atomic E-state index is 0.0996. The van der Waals surface area contributed by atoms with E-state index in [0.717, 1.165) is 63.1 Å². The maximum atomic E-state index is 11.5. The largest absolute Gasteiger partial charge is 0.481 e. The third-order valence-corrected chi connectivity index (χ3v) is 10.2. The Bertz CT molecular complexity index is 2080. The number of aryl methyl sites for hydroxylation is 1. The number of rotatable bonds is 12. The quantitative estimate of drug-likeness (QED) is 0.134. The van der Waals surface area contributed by atoms with Crippen LogP contribution in [-0.4, -0.2) is 63.7 Å². The van der Waals surface area contributed by atoms with Crippen LogP contribution in [0, 0.1) is 6.92 Å². The Labute approximate surface area is 300 Å². The van der Waals surface area contributed by atoms with Gasteiger partial charge in [0.15, 0.2) is 5.65 Å². The van der Waals surface area contributed by atoms with Crippen LogP contribution in [-0.2, 0) is 22.7 Å². The fourth-order valence-corrected chi connectivity index (χ4v) is 7.34. The molecule has 2 aliphatic rings. The molecule has 2 saturated heterocycles. The molecular formula is C37H38Cl2N8O3. The lowest BCUT2D eigenvalue weighted by Gasteiger charge is -2.15. The number of pyridine rings is 1. The lowest BCUT2D eigenvalue weighted by Crippen LogP contribution is -2.35. The molecule has 0 radical (unpaired) electrons. The van der Waals surface area contributed by atoms with E-state index in [4.69, 9.17) is 43.0 Å². The minimum absolute atomic E-state index is 0.0996. The summed E-state index contributed by atoms with van der Waals surface area (Å²) in [4.78, 5) is 32.6. The summed E-state index contributed by atoms with van der Waals surface area (Å²) in [6, 6.07) is 15.9. The number of fused-ring (bicyclic) bond motifs is 1. The summed E-state index contributed by atoms with van der Waals surface area (Å²) >= 11 is 14.2. The van der Waals surface area contributed by atoms with Gasteiger partial charge >= 0.3 is 0 Å². The number of carbonyl (C=O) groups excluding carboxylic acids is 2. The molecule has 0 bridgehead atoms. The average molecular weight is 714 g/mol. The Hall–Kier alpha value is -4.55. The molecule has 2 fully saturated rings. The lowest BCUT2D eigenvalue weighted by atomic mass is 9.97. The van der Waals surface area contributed by atoms with Crippen molar-refractivity contribution in [3.63, 3.8) is 0 Å². The third-order valence-electron chi connectivity index (χ3n) is 9.34. The standard InChI is InChI=1S/C37H38Cl2N8O3/c1-21-30(19-41-18-25-11-14-33(49)44-25)36-42-16-23(20-47(36)46-21)26-5-3-6-27(34(26)38)28-7-4-8-29(35(28)39)31-12-9-22(37(45-31)50-2)15-40-17-24-10-13-32(48)43-24/h3-9,12,16,20,24-25,40-41H,10-11,13-15,17-19H2,1-2H3,(H,43,48)(H,44,49). The van der Waals surface area contributed by atoms with Gasteiger partial charge in [0.2, 0.25) is 17.7 Å². The van der Waals surface area contributed by atoms with E-state index in [1.54, 1.807) is 11.6 Å². The van der Waals surface area contributed by atoms with Crippen molar-refractivity contribution in [3.8, 4) is 39.4 Å². The van der Waals surface area contributed by atoms with E-state index >= 15 is 0 Å². The number of nitrogens with one attached hydrogen (secondary N) is 4. The van der Waals surface area contributed by atoms with Crippen LogP contribution in [0.2, 0.25) is 10.0 Å². The summed E-state index contributed by atoms with van der Waals surface area (Å²) in [5.74, 6) is 0.712. The van der Waals surface area contributed by atoms with Gasteiger partial charge in [-0.25, -0.2) is 14.5 Å². The first kappa shape index (κ1) is 33.9. The summed E-state index contributed by atoms with van der Waals surface area (Å²) in [7, 11) is 1.60. The Kier molecular flexibility index (Phi) is 10.0. The van der Waals surface area contributed by atoms with Crippen molar-refractivity contribution >= 4 is 40.7 Å². The molecule has 5 heterocycles. The molecule has 3 aromatic heterocycles. The maximum absolute atomic E-state index is 11.5. The van der Waals surface area contributed by atoms with Gasteiger partial charge in [0.25, 0.3) is 0 Å². The zero-order valence-electron chi connectivity index (χ0n) is 27.9. The molecule has 2 amide bonds. The highest BCUT2D eigenvalue weighted by Gasteiger charge is 2.22. The number of hydrogen-bond donors (Lipinski definition) is 4. The van der Waals surface area contributed by atoms with Crippen molar-refractivity contribution in [2.45, 2.75) is 57.8 Å². The second-order valence-corrected chi connectivity index (χ2v) is 13.5. The van der Waals surface area contributed by atoms with Crippen molar-refractivity contribution in [3.05, 3.63) is 87.8 Å². The Morgan fingerprint density at radius 1 is 0.860 bits per heavy atom. The first-order valence-electron chi connectivity index (χ1n) is 16.7. The van der Waals surface area contributed by atoms with E-state index < -0.39 is 0 Å². The number of nitrogens with zero attached hydrogens (tertiary/aromatic N) is 4. The van der Waals surface area contributed by atoms with Crippen LogP contribution in [0.3, 0.4) is 0 Å². The Morgan fingerprint density at radius 2 is 1.48 bits per heavy atom. The molecular weight excluding hydrogens is 675 g/mol. The summed E-state index contributed by atoms with van der Waals surface area (Å²) in [6.07, 6.45) is 6.59. The Balaban J connectivity index is 1.11. The first-order valence-corrected chi connectivity index (χ1v) is 17.5. The highest BCUT2D eigenvalue weighted by atomic mass is 35.5. The molecule has 0 aliphatic carbocycles. The van der Waals surface area contributed by atoms with Gasteiger partial charge in [-0.05, 0) is 25.8 Å². The van der Waals surface area contributed by atoms with Crippen LogP contribution in [0.5, 0.6) is 5.88 Å². The number of benzene rings is 2. The minimum Gasteiger partial charge on any atom is -0.481 e. The molecule has 4 N–H and O–H groups in total. The number of aromatic nitrogens is 4. The van der Waals surface area contributed by atoms with E-state index in [-0.39, 0.29) is 23.9 Å². The molecule has 0 spiro atoms. The number of carbonyl (C=O) groups is 2. The summed E-state index contributed by atoms with van der Waals surface area (Å²) in [6.45, 7) is 4.50. The molecule has 258 valence electrons. The van der Waals surface area contributed by atoms with E-state index in [1.165, 1.54) is 0 Å². The van der Waals surface area contributed by atoms with E-state index in [9.17, 15) is 9.59 Å². The van der Waals surface area contributed by atoms with E-state index in [1.807, 2.05) is 67.8 Å². The molecule has 13 heteroatoms. The van der Waals surface area contributed by atoms with Gasteiger partial charge in [0.1, 0.15) is 0 Å².